The summed E-state index contributed by atoms with van der Waals surface area (Å²) in [5, 5.41) is 0. The summed E-state index contributed by atoms with van der Waals surface area (Å²) < 4.78 is 7.61. The summed E-state index contributed by atoms with van der Waals surface area (Å²) in [4.78, 5) is 12.3. The monoisotopic (exact) mass is 284 g/mol. The van der Waals surface area contributed by atoms with Crippen LogP contribution in [0.2, 0.25) is 0 Å². The van der Waals surface area contributed by atoms with Gasteiger partial charge in [-0.3, -0.25) is 0 Å². The zero-order valence-corrected chi connectivity index (χ0v) is 11.4. The second kappa shape index (κ2) is 5.76. The van der Waals surface area contributed by atoms with Crippen molar-refractivity contribution in [2.75, 3.05) is 12.3 Å². The number of aromatic nitrogens is 4. The van der Waals surface area contributed by atoms with E-state index in [2.05, 4.69) is 15.0 Å². The van der Waals surface area contributed by atoms with Crippen molar-refractivity contribution in [1.82, 2.24) is 19.5 Å². The maximum Gasteiger partial charge on any atom is 0.165 e. The highest BCUT2D eigenvalue weighted by Gasteiger charge is 2.07. The van der Waals surface area contributed by atoms with Crippen LogP contribution in [0.25, 0.3) is 11.2 Å². The van der Waals surface area contributed by atoms with Gasteiger partial charge in [-0.1, -0.05) is 12.1 Å². The van der Waals surface area contributed by atoms with Gasteiger partial charge in [0.2, 0.25) is 0 Å². The van der Waals surface area contributed by atoms with Gasteiger partial charge < -0.3 is 20.8 Å². The summed E-state index contributed by atoms with van der Waals surface area (Å²) in [6.45, 7) is 1.63. The summed E-state index contributed by atoms with van der Waals surface area (Å²) in [7, 11) is 0. The third-order valence-corrected chi connectivity index (χ3v) is 3.16. The van der Waals surface area contributed by atoms with Crippen molar-refractivity contribution < 1.29 is 4.74 Å². The van der Waals surface area contributed by atoms with E-state index in [1.54, 1.807) is 6.33 Å². The van der Waals surface area contributed by atoms with Gasteiger partial charge in [0, 0.05) is 6.54 Å². The summed E-state index contributed by atoms with van der Waals surface area (Å²) in [5.41, 5.74) is 13.7. The molecule has 0 radical (unpaired) electrons. The highest BCUT2D eigenvalue weighted by molar-refractivity contribution is 5.81. The summed E-state index contributed by atoms with van der Waals surface area (Å²) in [6, 6.07) is 7.74. The van der Waals surface area contributed by atoms with Crippen LogP contribution < -0.4 is 16.2 Å². The van der Waals surface area contributed by atoms with E-state index in [1.165, 1.54) is 6.33 Å². The smallest absolute Gasteiger partial charge is 0.165 e. The van der Waals surface area contributed by atoms with Crippen LogP contribution in [-0.4, -0.2) is 26.1 Å². The van der Waals surface area contributed by atoms with Crippen LogP contribution in [0.1, 0.15) is 5.56 Å². The molecule has 0 saturated carbocycles. The lowest BCUT2D eigenvalue weighted by atomic mass is 10.2. The second-order valence-electron chi connectivity index (χ2n) is 4.57. The van der Waals surface area contributed by atoms with E-state index in [0.717, 1.165) is 11.3 Å². The first-order chi connectivity index (χ1) is 10.3. The maximum absolute atomic E-state index is 5.75. The van der Waals surface area contributed by atoms with Crippen LogP contribution in [0.5, 0.6) is 5.75 Å². The van der Waals surface area contributed by atoms with Gasteiger partial charge in [-0.15, -0.1) is 0 Å². The fourth-order valence-electron chi connectivity index (χ4n) is 2.09. The Morgan fingerprint density at radius 1 is 1.19 bits per heavy atom. The molecule has 3 rings (SSSR count). The molecule has 108 valence electrons. The van der Waals surface area contributed by atoms with Gasteiger partial charge in [0.15, 0.2) is 11.5 Å². The first kappa shape index (κ1) is 13.3. The Kier molecular flexibility index (Phi) is 3.65. The molecule has 7 nitrogen and oxygen atoms in total. The normalized spacial score (nSPS) is 10.9. The van der Waals surface area contributed by atoms with E-state index in [1.807, 2.05) is 28.8 Å². The van der Waals surface area contributed by atoms with Crippen LogP contribution in [0.4, 0.5) is 5.82 Å². The van der Waals surface area contributed by atoms with Crippen molar-refractivity contribution in [3.63, 3.8) is 0 Å². The molecule has 21 heavy (non-hydrogen) atoms. The Bertz CT molecular complexity index is 754. The Morgan fingerprint density at radius 3 is 2.95 bits per heavy atom. The number of nitrogens with zero attached hydrogens (tertiary/aromatic N) is 4. The molecule has 0 saturated heterocycles. The van der Waals surface area contributed by atoms with Gasteiger partial charge in [-0.2, -0.15) is 0 Å². The molecule has 2 aromatic heterocycles. The molecule has 0 amide bonds. The van der Waals surface area contributed by atoms with Crippen LogP contribution >= 0.6 is 0 Å². The number of anilines is 1. The fourth-order valence-corrected chi connectivity index (χ4v) is 2.09. The molecule has 0 atom stereocenters. The molecule has 0 aliphatic rings. The predicted molar refractivity (Wildman–Crippen MR) is 79.6 cm³/mol. The summed E-state index contributed by atoms with van der Waals surface area (Å²) in [5.74, 6) is 1.19. The summed E-state index contributed by atoms with van der Waals surface area (Å²) >= 11 is 0. The zero-order chi connectivity index (χ0) is 14.7. The molecule has 0 aliphatic carbocycles. The molecule has 0 fully saturated rings. The number of rotatable bonds is 5. The first-order valence-corrected chi connectivity index (χ1v) is 6.61. The van der Waals surface area contributed by atoms with E-state index in [-0.39, 0.29) is 0 Å². The molecule has 4 N–H and O–H groups in total. The molecular weight excluding hydrogens is 268 g/mol. The number of ether oxygens (including phenoxy) is 1. The van der Waals surface area contributed by atoms with Gasteiger partial charge in [0.05, 0.1) is 12.9 Å². The molecule has 0 bridgehead atoms. The number of nitrogens with two attached hydrogens (primary N) is 2. The minimum Gasteiger partial charge on any atom is -0.492 e. The molecule has 0 unspecified atom stereocenters. The van der Waals surface area contributed by atoms with Crippen molar-refractivity contribution in [2.45, 2.75) is 13.1 Å². The SMILES string of the molecule is NCc1cccc(OCCn2cnc3c(N)ncnc32)c1. The fraction of sp³-hybridized carbons (Fsp3) is 0.214. The topological polar surface area (TPSA) is 105 Å². The highest BCUT2D eigenvalue weighted by atomic mass is 16.5. The van der Waals surface area contributed by atoms with Gasteiger partial charge in [-0.25, -0.2) is 15.0 Å². The second-order valence-corrected chi connectivity index (χ2v) is 4.57. The predicted octanol–water partition coefficient (Wildman–Crippen LogP) is 0.946. The van der Waals surface area contributed by atoms with Crippen molar-refractivity contribution in [3.8, 4) is 5.75 Å². The molecule has 3 aromatic rings. The number of fused-ring (bicyclic) bond motifs is 1. The molecule has 0 spiro atoms. The van der Waals surface area contributed by atoms with Crippen molar-refractivity contribution in [2.24, 2.45) is 5.73 Å². The van der Waals surface area contributed by atoms with Gasteiger partial charge in [0.25, 0.3) is 0 Å². The Labute approximate surface area is 121 Å². The average molecular weight is 284 g/mol. The number of imidazole rings is 1. The largest absolute Gasteiger partial charge is 0.492 e. The molecule has 1 aromatic carbocycles. The van der Waals surface area contributed by atoms with Crippen LogP contribution in [-0.2, 0) is 13.1 Å². The van der Waals surface area contributed by atoms with Gasteiger partial charge in [-0.05, 0) is 17.7 Å². The van der Waals surface area contributed by atoms with Crippen molar-refractivity contribution in [1.29, 1.82) is 0 Å². The third-order valence-electron chi connectivity index (χ3n) is 3.16. The van der Waals surface area contributed by atoms with E-state index in [0.29, 0.717) is 36.7 Å². The minimum atomic E-state index is 0.385. The van der Waals surface area contributed by atoms with E-state index in [9.17, 15) is 0 Å². The Balaban J connectivity index is 1.68. The lowest BCUT2D eigenvalue weighted by Gasteiger charge is -2.08. The minimum absolute atomic E-state index is 0.385. The Morgan fingerprint density at radius 2 is 2.10 bits per heavy atom. The molecule has 7 heteroatoms. The number of benzene rings is 1. The molecular formula is C14H16N6O. The number of nitrogen functional groups attached to an aromatic ring is 1. The van der Waals surface area contributed by atoms with Crippen LogP contribution in [0, 0.1) is 0 Å². The Hall–Kier alpha value is -2.67. The quantitative estimate of drug-likeness (QED) is 0.722. The van der Waals surface area contributed by atoms with Gasteiger partial charge in [0.1, 0.15) is 24.2 Å². The third kappa shape index (κ3) is 2.77. The standard InChI is InChI=1S/C14H16N6O/c15-7-10-2-1-3-11(6-10)21-5-4-20-9-19-12-13(16)17-8-18-14(12)20/h1-3,6,8-9H,4-5,7,15H2,(H2,16,17,18). The van der Waals surface area contributed by atoms with Crippen molar-refractivity contribution >= 4 is 17.0 Å². The molecule has 0 aliphatic heterocycles. The first-order valence-electron chi connectivity index (χ1n) is 6.61. The van der Waals surface area contributed by atoms with E-state index in [4.69, 9.17) is 16.2 Å². The average Bonchev–Trinajstić information content (AvgIpc) is 2.92. The van der Waals surface area contributed by atoms with Crippen molar-refractivity contribution in [3.05, 3.63) is 42.5 Å². The van der Waals surface area contributed by atoms with Crippen LogP contribution in [0.3, 0.4) is 0 Å². The van der Waals surface area contributed by atoms with E-state index >= 15 is 0 Å². The summed E-state index contributed by atoms with van der Waals surface area (Å²) in [6.07, 6.45) is 3.12. The number of hydrogen-bond acceptors (Lipinski definition) is 6. The highest BCUT2D eigenvalue weighted by Crippen LogP contribution is 2.15. The lowest BCUT2D eigenvalue weighted by molar-refractivity contribution is 0.299. The lowest BCUT2D eigenvalue weighted by Crippen LogP contribution is -2.08. The zero-order valence-electron chi connectivity index (χ0n) is 11.4. The molecule has 2 heterocycles. The van der Waals surface area contributed by atoms with Crippen LogP contribution in [0.15, 0.2) is 36.9 Å². The van der Waals surface area contributed by atoms with Gasteiger partial charge >= 0.3 is 0 Å². The maximum atomic E-state index is 5.75. The number of hydrogen-bond donors (Lipinski definition) is 2. The van der Waals surface area contributed by atoms with E-state index < -0.39 is 0 Å².